The van der Waals surface area contributed by atoms with Gasteiger partial charge in [0.2, 0.25) is 0 Å². The van der Waals surface area contributed by atoms with Gasteiger partial charge in [-0.3, -0.25) is 0 Å². The Hall–Kier alpha value is -0.730. The zero-order valence-electron chi connectivity index (χ0n) is 18.8. The lowest BCUT2D eigenvalue weighted by Gasteiger charge is -2.24. The predicted molar refractivity (Wildman–Crippen MR) is 136 cm³/mol. The van der Waals surface area contributed by atoms with Gasteiger partial charge < -0.3 is 0 Å². The van der Waals surface area contributed by atoms with E-state index in [0.717, 1.165) is 0 Å². The van der Waals surface area contributed by atoms with Crippen LogP contribution in [-0.2, 0) is 0 Å². The Morgan fingerprint density at radius 2 is 1.14 bits per heavy atom. The second kappa shape index (κ2) is 8.96. The lowest BCUT2D eigenvalue weighted by atomic mass is 10.0. The van der Waals surface area contributed by atoms with Gasteiger partial charge in [0.25, 0.3) is 0 Å². The fourth-order valence-corrected chi connectivity index (χ4v) is 6.87. The maximum absolute atomic E-state index is 3.85. The van der Waals surface area contributed by atoms with Crippen LogP contribution in [0.1, 0.15) is 67.9 Å². The molecule has 0 aliphatic carbocycles. The first-order valence-electron chi connectivity index (χ1n) is 9.80. The quantitative estimate of drug-likeness (QED) is 0.444. The molecule has 3 heteroatoms. The van der Waals surface area contributed by atoms with E-state index in [1.165, 1.54) is 25.5 Å². The topological polar surface area (TPSA) is 0 Å². The van der Waals surface area contributed by atoms with Crippen LogP contribution in [0, 0.1) is 0 Å². The highest BCUT2D eigenvalue weighted by molar-refractivity contribution is 8.23. The van der Waals surface area contributed by atoms with E-state index in [1.807, 2.05) is 35.3 Å². The molecule has 0 nitrogen and oxygen atoms in total. The Labute approximate surface area is 185 Å². The van der Waals surface area contributed by atoms with Crippen LogP contribution in [0.5, 0.6) is 0 Å². The van der Waals surface area contributed by atoms with E-state index in [0.29, 0.717) is 0 Å². The molecule has 0 fully saturated rings. The summed E-state index contributed by atoms with van der Waals surface area (Å²) in [4.78, 5) is 1.23. The van der Waals surface area contributed by atoms with Crippen LogP contribution in [0.2, 0.25) is 0 Å². The molecular formula is C25H34S3. The van der Waals surface area contributed by atoms with Crippen molar-refractivity contribution in [2.24, 2.45) is 0 Å². The summed E-state index contributed by atoms with van der Waals surface area (Å²) >= 11 is 5.74. The molecular weight excluding hydrogens is 396 g/mol. The number of fused-ring (bicyclic) bond motifs is 1. The van der Waals surface area contributed by atoms with Gasteiger partial charge in [-0.25, -0.2) is 0 Å². The number of rotatable bonds is 4. The van der Waals surface area contributed by atoms with Gasteiger partial charge in [-0.05, 0) is 10.8 Å². The lowest BCUT2D eigenvalue weighted by molar-refractivity contribution is 0.803. The molecule has 2 aromatic rings. The Kier molecular flexibility index (Phi) is 7.54. The smallest absolute Gasteiger partial charge is 0.0847 e. The van der Waals surface area contributed by atoms with E-state index in [9.17, 15) is 0 Å². The predicted octanol–water partition coefficient (Wildman–Crippen LogP) is 9.22. The van der Waals surface area contributed by atoms with Crippen LogP contribution in [0.3, 0.4) is 0 Å². The molecule has 152 valence electrons. The second-order valence-electron chi connectivity index (χ2n) is 9.91. The van der Waals surface area contributed by atoms with Gasteiger partial charge in [0.15, 0.2) is 0 Å². The summed E-state index contributed by atoms with van der Waals surface area (Å²) in [6.45, 7) is 20.5. The third kappa shape index (κ3) is 7.95. The minimum Gasteiger partial charge on any atom is -0.111 e. The summed E-state index contributed by atoms with van der Waals surface area (Å²) in [7, 11) is 0. The van der Waals surface area contributed by atoms with Crippen LogP contribution in [-0.4, -0.2) is 14.2 Å². The largest absolute Gasteiger partial charge is 0.111 e. The summed E-state index contributed by atoms with van der Waals surface area (Å²) < 4.78 is 1.68. The number of benzene rings is 2. The van der Waals surface area contributed by atoms with E-state index in [1.54, 1.807) is 0 Å². The summed E-state index contributed by atoms with van der Waals surface area (Å²) in [5.41, 5.74) is 5.13. The molecule has 0 aliphatic rings. The fraction of sp³-hybridized carbons (Fsp3) is 0.480. The third-order valence-electron chi connectivity index (χ3n) is 3.46. The fourth-order valence-electron chi connectivity index (χ4n) is 2.60. The van der Waals surface area contributed by atoms with Crippen LogP contribution in [0.15, 0.2) is 52.4 Å². The van der Waals surface area contributed by atoms with Crippen molar-refractivity contribution in [3.63, 3.8) is 0 Å². The Morgan fingerprint density at radius 3 is 1.68 bits per heavy atom. The summed E-state index contributed by atoms with van der Waals surface area (Å²) in [6, 6.07) is 15.2. The zero-order valence-corrected chi connectivity index (χ0v) is 21.2. The maximum Gasteiger partial charge on any atom is 0.0847 e. The van der Waals surface area contributed by atoms with Gasteiger partial charge in [0.05, 0.1) is 9.14 Å². The van der Waals surface area contributed by atoms with Gasteiger partial charge in [-0.15, -0.1) is 35.3 Å². The van der Waals surface area contributed by atoms with Crippen molar-refractivity contribution in [3.8, 4) is 0 Å². The van der Waals surface area contributed by atoms with Crippen molar-refractivity contribution in [1.82, 2.24) is 0 Å². The molecule has 0 radical (unpaired) electrons. The normalized spacial score (nSPS) is 12.8. The molecule has 2 aromatic carbocycles. The first-order chi connectivity index (χ1) is 12.7. The molecule has 0 saturated heterocycles. The average molecular weight is 431 g/mol. The third-order valence-corrected chi connectivity index (χ3v) is 6.89. The van der Waals surface area contributed by atoms with Gasteiger partial charge >= 0.3 is 0 Å². The first kappa shape index (κ1) is 23.5. The highest BCUT2D eigenvalue weighted by Crippen LogP contribution is 2.46. The van der Waals surface area contributed by atoms with Gasteiger partial charge in [0.1, 0.15) is 0 Å². The van der Waals surface area contributed by atoms with Crippen LogP contribution in [0.4, 0.5) is 0 Å². The average Bonchev–Trinajstić information content (AvgIpc) is 2.49. The summed E-state index contributed by atoms with van der Waals surface area (Å²) in [6.07, 6.45) is 0. The Balaban J connectivity index is 2.75. The van der Waals surface area contributed by atoms with Gasteiger partial charge in [-0.2, -0.15) is 0 Å². The molecule has 0 atom stereocenters. The molecule has 28 heavy (non-hydrogen) atoms. The van der Waals surface area contributed by atoms with Crippen LogP contribution < -0.4 is 0 Å². The zero-order chi connectivity index (χ0) is 21.2. The van der Waals surface area contributed by atoms with E-state index in [-0.39, 0.29) is 14.2 Å². The van der Waals surface area contributed by atoms with Gasteiger partial charge in [0, 0.05) is 19.8 Å². The molecule has 0 bridgehead atoms. The van der Waals surface area contributed by atoms with Crippen molar-refractivity contribution in [3.05, 3.63) is 58.0 Å². The molecule has 0 unspecified atom stereocenters. The van der Waals surface area contributed by atoms with E-state index in [4.69, 9.17) is 0 Å². The first-order valence-corrected chi connectivity index (χ1v) is 12.2. The minimum atomic E-state index is 0.114. The van der Waals surface area contributed by atoms with E-state index < -0.39 is 0 Å². The second-order valence-corrected chi connectivity index (χ2v) is 15.7. The Morgan fingerprint density at radius 1 is 0.643 bits per heavy atom. The van der Waals surface area contributed by atoms with E-state index in [2.05, 4.69) is 111 Å². The number of hydrogen-bond acceptors (Lipinski definition) is 3. The van der Waals surface area contributed by atoms with Crippen molar-refractivity contribution in [1.29, 1.82) is 0 Å². The van der Waals surface area contributed by atoms with Crippen LogP contribution in [0.25, 0.3) is 15.7 Å². The van der Waals surface area contributed by atoms with Crippen LogP contribution >= 0.6 is 35.3 Å². The monoisotopic (exact) mass is 430 g/mol. The molecule has 0 amide bonds. The van der Waals surface area contributed by atoms with Crippen molar-refractivity contribution in [2.75, 3.05) is 0 Å². The van der Waals surface area contributed by atoms with E-state index >= 15 is 0 Å². The standard InChI is InChI=1S/C25H34S3/c1-23(2,3)26-21(17-22(27-24(4,5)6)28-25(7,8)9)20-16-12-14-18-13-10-11-15-19(18)20/h10-16H,1-9H3. The van der Waals surface area contributed by atoms with Crippen molar-refractivity contribution < 1.29 is 0 Å². The summed E-state index contributed by atoms with van der Waals surface area (Å²) in [5.74, 6) is 0. The molecule has 0 aromatic heterocycles. The molecule has 0 aliphatic heterocycles. The molecule has 0 heterocycles. The summed E-state index contributed by atoms with van der Waals surface area (Å²) in [5, 5.41) is 2.58. The number of thioether (sulfide) groups is 3. The van der Waals surface area contributed by atoms with Gasteiger partial charge in [-0.1, -0.05) is 111 Å². The lowest BCUT2D eigenvalue weighted by Crippen LogP contribution is -2.11. The maximum atomic E-state index is 3.85. The minimum absolute atomic E-state index is 0.114. The highest BCUT2D eigenvalue weighted by Gasteiger charge is 2.22. The molecule has 0 N–H and O–H groups in total. The SMILES string of the molecule is CC(C)(C)SC(=C=C(SC(C)(C)C)c1cccc2ccccc12)SC(C)(C)C. The molecule has 0 saturated carbocycles. The molecule has 0 spiro atoms. The Bertz CT molecular complexity index is 857. The van der Waals surface area contributed by atoms with Crippen molar-refractivity contribution >= 4 is 51.0 Å². The van der Waals surface area contributed by atoms with Crippen molar-refractivity contribution in [2.45, 2.75) is 76.6 Å². The molecule has 2 rings (SSSR count). The highest BCUT2D eigenvalue weighted by atomic mass is 32.2. The number of hydrogen-bond donors (Lipinski definition) is 0.